The van der Waals surface area contributed by atoms with E-state index in [0.29, 0.717) is 5.92 Å². The quantitative estimate of drug-likeness (QED) is 0.685. The second-order valence-electron chi connectivity index (χ2n) is 4.93. The van der Waals surface area contributed by atoms with Crippen LogP contribution in [0.15, 0.2) is 27.8 Å². The normalized spacial score (nSPS) is 22.7. The van der Waals surface area contributed by atoms with E-state index in [1.807, 2.05) is 12.1 Å². The molecule has 2 rings (SSSR count). The Morgan fingerprint density at radius 3 is 2.95 bits per heavy atom. The molecular formula is C14H19BrN2O2. The number of halogens is 1. The maximum Gasteiger partial charge on any atom is 0.123 e. The van der Waals surface area contributed by atoms with Crippen molar-refractivity contribution in [3.8, 4) is 5.75 Å². The van der Waals surface area contributed by atoms with Crippen LogP contribution in [0.2, 0.25) is 0 Å². The summed E-state index contributed by atoms with van der Waals surface area (Å²) in [5.74, 6) is 1.22. The molecule has 1 aromatic rings. The molecule has 0 saturated carbocycles. The number of nitrogens with zero attached hydrogens (tertiary/aromatic N) is 2. The Morgan fingerprint density at radius 2 is 2.32 bits per heavy atom. The number of hydrogen-bond donors (Lipinski definition) is 1. The van der Waals surface area contributed by atoms with Crippen LogP contribution in [-0.4, -0.2) is 36.0 Å². The highest BCUT2D eigenvalue weighted by atomic mass is 79.9. The second-order valence-corrected chi connectivity index (χ2v) is 5.85. The van der Waals surface area contributed by atoms with Crippen molar-refractivity contribution in [2.45, 2.75) is 19.9 Å². The van der Waals surface area contributed by atoms with Gasteiger partial charge in [0, 0.05) is 42.0 Å². The van der Waals surface area contributed by atoms with Crippen molar-refractivity contribution in [2.24, 2.45) is 11.1 Å². The smallest absolute Gasteiger partial charge is 0.123 e. The lowest BCUT2D eigenvalue weighted by molar-refractivity contribution is 0.226. The third-order valence-corrected chi connectivity index (χ3v) is 4.04. The SMILES string of the molecule is COc1ccc(Br)cc1CN1CC/C(=N/O)C(C)C1. The van der Waals surface area contributed by atoms with Gasteiger partial charge < -0.3 is 9.94 Å². The largest absolute Gasteiger partial charge is 0.496 e. The number of likely N-dealkylation sites (tertiary alicyclic amines) is 1. The van der Waals surface area contributed by atoms with Gasteiger partial charge in [0.1, 0.15) is 5.75 Å². The van der Waals surface area contributed by atoms with E-state index in [-0.39, 0.29) is 0 Å². The number of methoxy groups -OCH3 is 1. The molecule has 104 valence electrons. The van der Waals surface area contributed by atoms with Gasteiger partial charge in [-0.25, -0.2) is 0 Å². The van der Waals surface area contributed by atoms with Crippen molar-refractivity contribution < 1.29 is 9.94 Å². The van der Waals surface area contributed by atoms with Gasteiger partial charge in [0.2, 0.25) is 0 Å². The van der Waals surface area contributed by atoms with Gasteiger partial charge in [-0.2, -0.15) is 0 Å². The summed E-state index contributed by atoms with van der Waals surface area (Å²) in [6, 6.07) is 6.06. The molecular weight excluding hydrogens is 308 g/mol. The minimum Gasteiger partial charge on any atom is -0.496 e. The molecule has 4 nitrogen and oxygen atoms in total. The predicted octanol–water partition coefficient (Wildman–Crippen LogP) is 3.13. The first-order valence-electron chi connectivity index (χ1n) is 6.39. The molecule has 1 fully saturated rings. The van der Waals surface area contributed by atoms with Crippen LogP contribution in [0.25, 0.3) is 0 Å². The molecule has 0 radical (unpaired) electrons. The third kappa shape index (κ3) is 3.48. The van der Waals surface area contributed by atoms with E-state index in [0.717, 1.165) is 42.0 Å². The number of ether oxygens (including phenoxy) is 1. The molecule has 5 heteroatoms. The van der Waals surface area contributed by atoms with E-state index in [9.17, 15) is 0 Å². The summed E-state index contributed by atoms with van der Waals surface area (Å²) in [5.41, 5.74) is 2.07. The summed E-state index contributed by atoms with van der Waals surface area (Å²) >= 11 is 3.50. The van der Waals surface area contributed by atoms with E-state index in [2.05, 4.69) is 39.0 Å². The van der Waals surface area contributed by atoms with Gasteiger partial charge in [-0.05, 0) is 18.2 Å². The zero-order valence-corrected chi connectivity index (χ0v) is 12.9. The minimum absolute atomic E-state index is 0.303. The molecule has 1 N–H and O–H groups in total. The van der Waals surface area contributed by atoms with Crippen LogP contribution in [0, 0.1) is 5.92 Å². The molecule has 19 heavy (non-hydrogen) atoms. The van der Waals surface area contributed by atoms with Gasteiger partial charge in [0.15, 0.2) is 0 Å². The molecule has 0 spiro atoms. The Kier molecular flexibility index (Phi) is 4.82. The number of oxime groups is 1. The monoisotopic (exact) mass is 326 g/mol. The van der Waals surface area contributed by atoms with Crippen LogP contribution in [0.1, 0.15) is 18.9 Å². The van der Waals surface area contributed by atoms with Crippen LogP contribution in [-0.2, 0) is 6.54 Å². The highest BCUT2D eigenvalue weighted by molar-refractivity contribution is 9.10. The zero-order valence-electron chi connectivity index (χ0n) is 11.3. The predicted molar refractivity (Wildman–Crippen MR) is 79.0 cm³/mol. The van der Waals surface area contributed by atoms with E-state index < -0.39 is 0 Å². The van der Waals surface area contributed by atoms with Gasteiger partial charge in [-0.3, -0.25) is 4.90 Å². The van der Waals surface area contributed by atoms with Crippen LogP contribution in [0.4, 0.5) is 0 Å². The fourth-order valence-electron chi connectivity index (χ4n) is 2.51. The maximum atomic E-state index is 8.90. The molecule has 1 aliphatic heterocycles. The molecule has 0 aliphatic carbocycles. The second kappa shape index (κ2) is 6.39. The summed E-state index contributed by atoms with van der Waals surface area (Å²) in [7, 11) is 1.70. The molecule has 1 heterocycles. The Bertz CT molecular complexity index is 477. The number of hydrogen-bond acceptors (Lipinski definition) is 4. The number of piperidine rings is 1. The molecule has 0 aromatic heterocycles. The molecule has 1 atom stereocenters. The summed E-state index contributed by atoms with van der Waals surface area (Å²) in [5, 5.41) is 12.3. The first-order chi connectivity index (χ1) is 9.13. The van der Waals surface area contributed by atoms with Crippen molar-refractivity contribution in [3.05, 3.63) is 28.2 Å². The maximum absolute atomic E-state index is 8.90. The van der Waals surface area contributed by atoms with Crippen molar-refractivity contribution in [1.82, 2.24) is 4.90 Å². The lowest BCUT2D eigenvalue weighted by atomic mass is 9.97. The minimum atomic E-state index is 0.303. The van der Waals surface area contributed by atoms with Crippen LogP contribution in [0.3, 0.4) is 0 Å². The summed E-state index contributed by atoms with van der Waals surface area (Å²) in [6.07, 6.45) is 0.827. The number of rotatable bonds is 3. The van der Waals surface area contributed by atoms with E-state index >= 15 is 0 Å². The van der Waals surface area contributed by atoms with Crippen molar-refractivity contribution in [2.75, 3.05) is 20.2 Å². The lowest BCUT2D eigenvalue weighted by Crippen LogP contribution is -2.39. The molecule has 1 aromatic carbocycles. The van der Waals surface area contributed by atoms with E-state index in [4.69, 9.17) is 9.94 Å². The first kappa shape index (κ1) is 14.3. The standard InChI is InChI=1S/C14H19BrN2O2/c1-10-8-17(6-5-13(10)16-18)9-11-7-12(15)3-4-14(11)19-2/h3-4,7,10,18H,5-6,8-9H2,1-2H3/b16-13-. The third-order valence-electron chi connectivity index (χ3n) is 3.55. The fraction of sp³-hybridized carbons (Fsp3) is 0.500. The van der Waals surface area contributed by atoms with Gasteiger partial charge in [-0.15, -0.1) is 0 Å². The van der Waals surface area contributed by atoms with Crippen molar-refractivity contribution >= 4 is 21.6 Å². The van der Waals surface area contributed by atoms with Crippen molar-refractivity contribution in [3.63, 3.8) is 0 Å². The average Bonchev–Trinajstić information content (AvgIpc) is 2.39. The molecule has 1 saturated heterocycles. The van der Waals surface area contributed by atoms with Crippen LogP contribution >= 0.6 is 15.9 Å². The van der Waals surface area contributed by atoms with E-state index in [1.54, 1.807) is 7.11 Å². The highest BCUT2D eigenvalue weighted by Crippen LogP contribution is 2.26. The first-order valence-corrected chi connectivity index (χ1v) is 7.19. The Morgan fingerprint density at radius 1 is 1.53 bits per heavy atom. The summed E-state index contributed by atoms with van der Waals surface area (Å²) < 4.78 is 6.46. The van der Waals surface area contributed by atoms with Gasteiger partial charge in [-0.1, -0.05) is 28.0 Å². The Labute approximate surface area is 122 Å². The van der Waals surface area contributed by atoms with Gasteiger partial charge in [0.25, 0.3) is 0 Å². The molecule has 0 bridgehead atoms. The van der Waals surface area contributed by atoms with Crippen LogP contribution in [0.5, 0.6) is 5.75 Å². The highest BCUT2D eigenvalue weighted by Gasteiger charge is 2.23. The van der Waals surface area contributed by atoms with Gasteiger partial charge >= 0.3 is 0 Å². The van der Waals surface area contributed by atoms with E-state index in [1.165, 1.54) is 5.56 Å². The Balaban J connectivity index is 2.08. The van der Waals surface area contributed by atoms with Gasteiger partial charge in [0.05, 0.1) is 12.8 Å². The summed E-state index contributed by atoms with van der Waals surface area (Å²) in [4.78, 5) is 2.36. The average molecular weight is 327 g/mol. The topological polar surface area (TPSA) is 45.1 Å². The Hall–Kier alpha value is -1.07. The fourth-order valence-corrected chi connectivity index (χ4v) is 2.92. The lowest BCUT2D eigenvalue weighted by Gasteiger charge is -2.31. The molecule has 1 unspecified atom stereocenters. The zero-order chi connectivity index (χ0) is 13.8. The molecule has 0 amide bonds. The summed E-state index contributed by atoms with van der Waals surface area (Å²) in [6.45, 7) is 4.78. The number of benzene rings is 1. The van der Waals surface area contributed by atoms with Crippen LogP contribution < -0.4 is 4.74 Å². The molecule has 1 aliphatic rings. The van der Waals surface area contributed by atoms with Crippen molar-refractivity contribution in [1.29, 1.82) is 0 Å².